The lowest BCUT2D eigenvalue weighted by molar-refractivity contribution is -0.127. The maximum absolute atomic E-state index is 11.8. The van der Waals surface area contributed by atoms with Crippen LogP contribution in [0, 0.1) is 0 Å². The molecular formula is C11H10Cl2N2O4. The van der Waals surface area contributed by atoms with Crippen LogP contribution in [-0.4, -0.2) is 24.0 Å². The Hall–Kier alpha value is -1.79. The zero-order chi connectivity index (χ0) is 14.6. The number of rotatable bonds is 3. The van der Waals surface area contributed by atoms with E-state index in [4.69, 9.17) is 33.7 Å². The number of benzene rings is 1. The van der Waals surface area contributed by atoms with Gasteiger partial charge in [0.2, 0.25) is 0 Å². The molecule has 1 aromatic carbocycles. The highest BCUT2D eigenvalue weighted by Crippen LogP contribution is 2.26. The zero-order valence-corrected chi connectivity index (χ0v) is 11.3. The summed E-state index contributed by atoms with van der Waals surface area (Å²) in [6.45, 7) is 1.29. The summed E-state index contributed by atoms with van der Waals surface area (Å²) >= 11 is 11.6. The van der Waals surface area contributed by atoms with E-state index in [1.807, 2.05) is 0 Å². The molecule has 1 rings (SSSR count). The van der Waals surface area contributed by atoms with Gasteiger partial charge in [-0.3, -0.25) is 10.1 Å². The van der Waals surface area contributed by atoms with Crippen molar-refractivity contribution in [2.75, 3.05) is 0 Å². The number of nitrogens with one attached hydrogen (secondary N) is 1. The lowest BCUT2D eigenvalue weighted by Gasteiger charge is -2.12. The van der Waals surface area contributed by atoms with Crippen LogP contribution in [0.5, 0.6) is 0 Å². The summed E-state index contributed by atoms with van der Waals surface area (Å²) in [5, 5.41) is 2.00. The smallest absolute Gasteiger partial charge is 0.340 e. The molecule has 102 valence electrons. The lowest BCUT2D eigenvalue weighted by atomic mass is 10.2. The van der Waals surface area contributed by atoms with Gasteiger partial charge in [0, 0.05) is 0 Å². The molecule has 19 heavy (non-hydrogen) atoms. The van der Waals surface area contributed by atoms with Crippen molar-refractivity contribution in [1.82, 2.24) is 5.32 Å². The normalized spacial score (nSPS) is 11.5. The Labute approximate surface area is 118 Å². The van der Waals surface area contributed by atoms with Gasteiger partial charge in [-0.25, -0.2) is 9.59 Å². The summed E-state index contributed by atoms with van der Waals surface area (Å²) in [7, 11) is 0. The lowest BCUT2D eigenvalue weighted by Crippen LogP contribution is -2.42. The van der Waals surface area contributed by atoms with Crippen molar-refractivity contribution < 1.29 is 19.1 Å². The molecule has 0 unspecified atom stereocenters. The molecule has 0 aliphatic rings. The number of primary amides is 1. The fraction of sp³-hybridized carbons (Fsp3) is 0.182. The molecule has 0 fully saturated rings. The highest BCUT2D eigenvalue weighted by atomic mass is 35.5. The van der Waals surface area contributed by atoms with Crippen LogP contribution in [0.1, 0.15) is 17.3 Å². The Morgan fingerprint density at radius 3 is 2.53 bits per heavy atom. The summed E-state index contributed by atoms with van der Waals surface area (Å²) in [4.78, 5) is 33.6. The van der Waals surface area contributed by atoms with E-state index in [2.05, 4.69) is 0 Å². The van der Waals surface area contributed by atoms with Gasteiger partial charge in [-0.2, -0.15) is 0 Å². The van der Waals surface area contributed by atoms with E-state index >= 15 is 0 Å². The van der Waals surface area contributed by atoms with E-state index in [9.17, 15) is 14.4 Å². The molecule has 0 aromatic heterocycles. The van der Waals surface area contributed by atoms with Gasteiger partial charge in [0.1, 0.15) is 0 Å². The van der Waals surface area contributed by atoms with Gasteiger partial charge in [0.05, 0.1) is 15.6 Å². The number of amides is 3. The van der Waals surface area contributed by atoms with E-state index in [-0.39, 0.29) is 15.6 Å². The summed E-state index contributed by atoms with van der Waals surface area (Å²) in [5.41, 5.74) is 4.79. The van der Waals surface area contributed by atoms with Crippen molar-refractivity contribution in [3.05, 3.63) is 33.8 Å². The highest BCUT2D eigenvalue weighted by molar-refractivity contribution is 6.43. The second kappa shape index (κ2) is 6.40. The van der Waals surface area contributed by atoms with Gasteiger partial charge in [0.15, 0.2) is 6.10 Å². The van der Waals surface area contributed by atoms with Crippen LogP contribution in [0.4, 0.5) is 4.79 Å². The van der Waals surface area contributed by atoms with E-state index in [0.717, 1.165) is 0 Å². The van der Waals surface area contributed by atoms with Gasteiger partial charge in [0.25, 0.3) is 5.91 Å². The molecule has 0 spiro atoms. The minimum atomic E-state index is -1.20. The van der Waals surface area contributed by atoms with Crippen molar-refractivity contribution in [2.24, 2.45) is 5.73 Å². The molecule has 0 radical (unpaired) electrons. The molecule has 1 aromatic rings. The van der Waals surface area contributed by atoms with Gasteiger partial charge in [-0.1, -0.05) is 29.3 Å². The molecule has 0 bridgehead atoms. The van der Waals surface area contributed by atoms with Crippen LogP contribution >= 0.6 is 23.2 Å². The minimum absolute atomic E-state index is 0.0212. The van der Waals surface area contributed by atoms with Crippen molar-refractivity contribution >= 4 is 41.1 Å². The summed E-state index contributed by atoms with van der Waals surface area (Å²) in [5.74, 6) is -1.67. The summed E-state index contributed by atoms with van der Waals surface area (Å²) < 4.78 is 4.83. The number of carbonyl (C=O) groups excluding carboxylic acids is 3. The third-order valence-corrected chi connectivity index (χ3v) is 2.89. The SMILES string of the molecule is C[C@H](OC(=O)c1cccc(Cl)c1Cl)C(=O)NC(N)=O. The zero-order valence-electron chi connectivity index (χ0n) is 9.78. The van der Waals surface area contributed by atoms with E-state index < -0.39 is 24.0 Å². The Morgan fingerprint density at radius 1 is 1.32 bits per heavy atom. The van der Waals surface area contributed by atoms with Crippen LogP contribution in [0.2, 0.25) is 10.0 Å². The average Bonchev–Trinajstić information content (AvgIpc) is 2.31. The number of halogens is 2. The number of esters is 1. The standard InChI is InChI=1S/C11H10Cl2N2O4/c1-5(9(16)15-11(14)18)19-10(17)6-3-2-4-7(12)8(6)13/h2-5H,1H3,(H3,14,15,16,18)/t5-/m0/s1. The molecule has 3 N–H and O–H groups in total. The highest BCUT2D eigenvalue weighted by Gasteiger charge is 2.21. The quantitative estimate of drug-likeness (QED) is 0.831. The number of hydrogen-bond donors (Lipinski definition) is 2. The predicted octanol–water partition coefficient (Wildman–Crippen LogP) is 1.73. The molecule has 6 nitrogen and oxygen atoms in total. The van der Waals surface area contributed by atoms with E-state index in [0.29, 0.717) is 0 Å². The number of imide groups is 1. The van der Waals surface area contributed by atoms with Gasteiger partial charge < -0.3 is 10.5 Å². The predicted molar refractivity (Wildman–Crippen MR) is 69.1 cm³/mol. The van der Waals surface area contributed by atoms with Gasteiger partial charge >= 0.3 is 12.0 Å². The molecule has 0 saturated carbocycles. The Bertz CT molecular complexity index is 533. The van der Waals surface area contributed by atoms with Crippen molar-refractivity contribution in [1.29, 1.82) is 0 Å². The van der Waals surface area contributed by atoms with E-state index in [1.54, 1.807) is 5.32 Å². The molecular weight excluding hydrogens is 295 g/mol. The second-order valence-electron chi connectivity index (χ2n) is 3.50. The first kappa shape index (κ1) is 15.3. The molecule has 8 heteroatoms. The topological polar surface area (TPSA) is 98.5 Å². The molecule has 0 aliphatic carbocycles. The maximum atomic E-state index is 11.8. The average molecular weight is 305 g/mol. The molecule has 3 amide bonds. The summed E-state index contributed by atoms with van der Waals surface area (Å²) in [6, 6.07) is 3.38. The Morgan fingerprint density at radius 2 is 1.95 bits per heavy atom. The summed E-state index contributed by atoms with van der Waals surface area (Å²) in [6.07, 6.45) is -1.20. The third-order valence-electron chi connectivity index (χ3n) is 2.07. The fourth-order valence-electron chi connectivity index (χ4n) is 1.16. The van der Waals surface area contributed by atoms with Crippen molar-refractivity contribution in [3.63, 3.8) is 0 Å². The van der Waals surface area contributed by atoms with Gasteiger partial charge in [-0.05, 0) is 19.1 Å². The van der Waals surface area contributed by atoms with Crippen LogP contribution in [-0.2, 0) is 9.53 Å². The van der Waals surface area contributed by atoms with Crippen LogP contribution in [0.25, 0.3) is 0 Å². The number of carbonyl (C=O) groups is 3. The first-order valence-electron chi connectivity index (χ1n) is 5.08. The van der Waals surface area contributed by atoms with E-state index in [1.165, 1.54) is 25.1 Å². The third kappa shape index (κ3) is 4.11. The fourth-order valence-corrected chi connectivity index (χ4v) is 1.54. The van der Waals surface area contributed by atoms with Crippen LogP contribution < -0.4 is 11.1 Å². The molecule has 0 saturated heterocycles. The minimum Gasteiger partial charge on any atom is -0.449 e. The first-order chi connectivity index (χ1) is 8.82. The monoisotopic (exact) mass is 304 g/mol. The molecule has 1 atom stereocenters. The first-order valence-corrected chi connectivity index (χ1v) is 5.83. The number of nitrogens with two attached hydrogens (primary N) is 1. The van der Waals surface area contributed by atoms with Crippen molar-refractivity contribution in [2.45, 2.75) is 13.0 Å². The van der Waals surface area contributed by atoms with Gasteiger partial charge in [-0.15, -0.1) is 0 Å². The Kier molecular flexibility index (Phi) is 5.14. The van der Waals surface area contributed by atoms with Crippen LogP contribution in [0.3, 0.4) is 0 Å². The second-order valence-corrected chi connectivity index (χ2v) is 4.29. The number of ether oxygens (including phenoxy) is 1. The number of urea groups is 1. The molecule has 0 aliphatic heterocycles. The number of hydrogen-bond acceptors (Lipinski definition) is 4. The van der Waals surface area contributed by atoms with Crippen molar-refractivity contribution in [3.8, 4) is 0 Å². The maximum Gasteiger partial charge on any atom is 0.340 e. The Balaban J connectivity index is 2.77. The van der Waals surface area contributed by atoms with Crippen LogP contribution in [0.15, 0.2) is 18.2 Å². The molecule has 0 heterocycles. The largest absolute Gasteiger partial charge is 0.449 e.